The third-order valence-electron chi connectivity index (χ3n) is 4.23. The zero-order valence-electron chi connectivity index (χ0n) is 13.6. The van der Waals surface area contributed by atoms with Crippen molar-refractivity contribution in [2.45, 2.75) is 39.3 Å². The summed E-state index contributed by atoms with van der Waals surface area (Å²) >= 11 is 0. The molecule has 1 N–H and O–H groups in total. The summed E-state index contributed by atoms with van der Waals surface area (Å²) in [7, 11) is 0. The molecule has 1 heterocycles. The Morgan fingerprint density at radius 2 is 2.14 bits per heavy atom. The van der Waals surface area contributed by atoms with Crippen molar-refractivity contribution >= 4 is 0 Å². The largest absolute Gasteiger partial charge is 0.491 e. The Kier molecular flexibility index (Phi) is 5.25. The Morgan fingerprint density at radius 3 is 2.86 bits per heavy atom. The highest BCUT2D eigenvalue weighted by molar-refractivity contribution is 5.38. The van der Waals surface area contributed by atoms with E-state index in [0.29, 0.717) is 19.8 Å². The number of hydrogen-bond donors (Lipinski definition) is 1. The number of hydrogen-bond acceptors (Lipinski definition) is 4. The molecule has 1 aliphatic rings. The first kappa shape index (κ1) is 16.3. The van der Waals surface area contributed by atoms with Crippen molar-refractivity contribution in [3.05, 3.63) is 29.3 Å². The SMILES string of the molecule is Cc1cccc(OCC(O)CN2CCOCC2(C)C)c1C. The van der Waals surface area contributed by atoms with E-state index in [2.05, 4.69) is 31.7 Å². The van der Waals surface area contributed by atoms with Crippen LogP contribution in [0.15, 0.2) is 18.2 Å². The zero-order valence-corrected chi connectivity index (χ0v) is 13.6. The van der Waals surface area contributed by atoms with Crippen LogP contribution in [0.1, 0.15) is 25.0 Å². The minimum Gasteiger partial charge on any atom is -0.491 e. The lowest BCUT2D eigenvalue weighted by Crippen LogP contribution is -2.55. The predicted octanol–water partition coefficient (Wildman–Crippen LogP) is 2.15. The van der Waals surface area contributed by atoms with Crippen molar-refractivity contribution in [3.8, 4) is 5.75 Å². The molecule has 0 spiro atoms. The fourth-order valence-electron chi connectivity index (χ4n) is 2.60. The smallest absolute Gasteiger partial charge is 0.122 e. The van der Waals surface area contributed by atoms with E-state index in [1.165, 1.54) is 5.56 Å². The molecular formula is C17H27NO3. The summed E-state index contributed by atoms with van der Waals surface area (Å²) in [6.45, 7) is 11.6. The fraction of sp³-hybridized carbons (Fsp3) is 0.647. The molecule has 4 heteroatoms. The van der Waals surface area contributed by atoms with E-state index < -0.39 is 6.10 Å². The maximum Gasteiger partial charge on any atom is 0.122 e. The summed E-state index contributed by atoms with van der Waals surface area (Å²) in [5, 5.41) is 10.2. The van der Waals surface area contributed by atoms with E-state index in [-0.39, 0.29) is 5.54 Å². The van der Waals surface area contributed by atoms with Crippen LogP contribution in [-0.2, 0) is 4.74 Å². The van der Waals surface area contributed by atoms with E-state index in [1.807, 2.05) is 19.1 Å². The lowest BCUT2D eigenvalue weighted by Gasteiger charge is -2.42. The lowest BCUT2D eigenvalue weighted by atomic mass is 10.0. The van der Waals surface area contributed by atoms with Crippen molar-refractivity contribution in [3.63, 3.8) is 0 Å². The second kappa shape index (κ2) is 6.77. The van der Waals surface area contributed by atoms with Crippen molar-refractivity contribution in [2.24, 2.45) is 0 Å². The first-order valence-corrected chi connectivity index (χ1v) is 7.60. The van der Waals surface area contributed by atoms with Crippen LogP contribution in [0.5, 0.6) is 5.75 Å². The van der Waals surface area contributed by atoms with Crippen molar-refractivity contribution in [1.82, 2.24) is 4.90 Å². The van der Waals surface area contributed by atoms with Crippen LogP contribution in [0.3, 0.4) is 0 Å². The van der Waals surface area contributed by atoms with Gasteiger partial charge in [0.25, 0.3) is 0 Å². The second-order valence-corrected chi connectivity index (χ2v) is 6.47. The number of aliphatic hydroxyl groups excluding tert-OH is 1. The van der Waals surface area contributed by atoms with E-state index in [1.54, 1.807) is 0 Å². The van der Waals surface area contributed by atoms with Gasteiger partial charge in [0, 0.05) is 18.6 Å². The minimum atomic E-state index is -0.498. The van der Waals surface area contributed by atoms with Gasteiger partial charge in [0.1, 0.15) is 18.5 Å². The average molecular weight is 293 g/mol. The van der Waals surface area contributed by atoms with Gasteiger partial charge in [0.2, 0.25) is 0 Å². The van der Waals surface area contributed by atoms with Crippen LogP contribution in [0, 0.1) is 13.8 Å². The zero-order chi connectivity index (χ0) is 15.5. The number of benzene rings is 1. The van der Waals surface area contributed by atoms with E-state index in [4.69, 9.17) is 9.47 Å². The molecular weight excluding hydrogens is 266 g/mol. The molecule has 1 aromatic carbocycles. The summed E-state index contributed by atoms with van der Waals surface area (Å²) in [5.41, 5.74) is 2.31. The maximum absolute atomic E-state index is 10.2. The van der Waals surface area contributed by atoms with Crippen LogP contribution in [0.4, 0.5) is 0 Å². The molecule has 0 bridgehead atoms. The molecule has 0 saturated carbocycles. The topological polar surface area (TPSA) is 41.9 Å². The summed E-state index contributed by atoms with van der Waals surface area (Å²) in [4.78, 5) is 2.27. The van der Waals surface area contributed by atoms with Crippen molar-refractivity contribution < 1.29 is 14.6 Å². The maximum atomic E-state index is 10.2. The number of aryl methyl sites for hydroxylation is 1. The van der Waals surface area contributed by atoms with E-state index in [9.17, 15) is 5.11 Å². The Morgan fingerprint density at radius 1 is 1.38 bits per heavy atom. The van der Waals surface area contributed by atoms with Gasteiger partial charge < -0.3 is 14.6 Å². The molecule has 1 saturated heterocycles. The molecule has 21 heavy (non-hydrogen) atoms. The molecule has 0 aliphatic carbocycles. The van der Waals surface area contributed by atoms with Crippen LogP contribution >= 0.6 is 0 Å². The molecule has 0 amide bonds. The third-order valence-corrected chi connectivity index (χ3v) is 4.23. The molecule has 118 valence electrons. The number of nitrogens with zero attached hydrogens (tertiary/aromatic N) is 1. The van der Waals surface area contributed by atoms with Gasteiger partial charge in [-0.2, -0.15) is 0 Å². The molecule has 4 nitrogen and oxygen atoms in total. The summed E-state index contributed by atoms with van der Waals surface area (Å²) in [5.74, 6) is 0.857. The lowest BCUT2D eigenvalue weighted by molar-refractivity contribution is -0.0703. The number of ether oxygens (including phenoxy) is 2. The standard InChI is InChI=1S/C17H27NO3/c1-13-6-5-7-16(14(13)2)21-11-15(19)10-18-8-9-20-12-17(18,3)4/h5-7,15,19H,8-12H2,1-4H3. The van der Waals surface area contributed by atoms with Gasteiger partial charge in [-0.25, -0.2) is 0 Å². The first-order chi connectivity index (χ1) is 9.90. The molecule has 1 atom stereocenters. The highest BCUT2D eigenvalue weighted by Gasteiger charge is 2.31. The van der Waals surface area contributed by atoms with Crippen LogP contribution in [0.2, 0.25) is 0 Å². The van der Waals surface area contributed by atoms with Gasteiger partial charge in [-0.1, -0.05) is 12.1 Å². The third kappa shape index (κ3) is 4.19. The molecule has 1 fully saturated rings. The molecule has 1 aromatic rings. The molecule has 1 unspecified atom stereocenters. The van der Waals surface area contributed by atoms with Gasteiger partial charge in [-0.05, 0) is 44.9 Å². The summed E-state index contributed by atoms with van der Waals surface area (Å²) in [6, 6.07) is 6.00. The second-order valence-electron chi connectivity index (χ2n) is 6.47. The highest BCUT2D eigenvalue weighted by atomic mass is 16.5. The highest BCUT2D eigenvalue weighted by Crippen LogP contribution is 2.22. The van der Waals surface area contributed by atoms with Gasteiger partial charge >= 0.3 is 0 Å². The van der Waals surface area contributed by atoms with Crippen LogP contribution < -0.4 is 4.74 Å². The van der Waals surface area contributed by atoms with Crippen molar-refractivity contribution in [1.29, 1.82) is 0 Å². The van der Waals surface area contributed by atoms with Gasteiger partial charge in [-0.15, -0.1) is 0 Å². The molecule has 0 radical (unpaired) electrons. The van der Waals surface area contributed by atoms with Gasteiger partial charge in [0.15, 0.2) is 0 Å². The number of β-amino-alcohol motifs (C(OH)–C–C–N with tert-alkyl or cyclic N) is 1. The van der Waals surface area contributed by atoms with E-state index in [0.717, 1.165) is 24.5 Å². The summed E-state index contributed by atoms with van der Waals surface area (Å²) < 4.78 is 11.3. The molecule has 2 rings (SSSR count). The monoisotopic (exact) mass is 293 g/mol. The predicted molar refractivity (Wildman–Crippen MR) is 83.9 cm³/mol. The molecule has 1 aliphatic heterocycles. The Balaban J connectivity index is 1.87. The normalized spacial score (nSPS) is 20.2. The van der Waals surface area contributed by atoms with Crippen molar-refractivity contribution in [2.75, 3.05) is 32.9 Å². The minimum absolute atomic E-state index is 0.0293. The quantitative estimate of drug-likeness (QED) is 0.903. The van der Waals surface area contributed by atoms with E-state index >= 15 is 0 Å². The number of rotatable bonds is 5. The Labute approximate surface area is 127 Å². The van der Waals surface area contributed by atoms with Crippen LogP contribution in [0.25, 0.3) is 0 Å². The van der Waals surface area contributed by atoms with Gasteiger partial charge in [-0.3, -0.25) is 4.90 Å². The first-order valence-electron chi connectivity index (χ1n) is 7.60. The van der Waals surface area contributed by atoms with Crippen LogP contribution in [-0.4, -0.2) is 54.6 Å². The Hall–Kier alpha value is -1.10. The van der Waals surface area contributed by atoms with Gasteiger partial charge in [0.05, 0.1) is 13.2 Å². The number of aliphatic hydroxyl groups is 1. The molecule has 0 aromatic heterocycles. The fourth-order valence-corrected chi connectivity index (χ4v) is 2.60. The Bertz CT molecular complexity index is 473. The number of morpholine rings is 1. The average Bonchev–Trinajstić information content (AvgIpc) is 2.43. The summed E-state index contributed by atoms with van der Waals surface area (Å²) in [6.07, 6.45) is -0.498.